The standard InChI is InChI=1S/C7H10Cl3NOS2/c1-2-12-5(13)3-4(6(11)14)7(8,9)10/h4H,2-3H2,1H3,(H2,11,14). The normalized spacial score (nSPS) is 13.4. The van der Waals surface area contributed by atoms with Gasteiger partial charge in [-0.3, -0.25) is 0 Å². The molecular weight excluding hydrogens is 285 g/mol. The molecule has 7 heteroatoms. The fourth-order valence-electron chi connectivity index (χ4n) is 0.764. The predicted octanol–water partition coefficient (Wildman–Crippen LogP) is 3.01. The highest BCUT2D eigenvalue weighted by Crippen LogP contribution is 2.37. The lowest BCUT2D eigenvalue weighted by Gasteiger charge is -2.23. The molecule has 0 saturated carbocycles. The number of hydrogen-bond donors (Lipinski definition) is 1. The fourth-order valence-corrected chi connectivity index (χ4v) is 2.09. The summed E-state index contributed by atoms with van der Waals surface area (Å²) >= 11 is 26.7. The van der Waals surface area contributed by atoms with E-state index in [1.165, 1.54) is 0 Å². The third-order valence-electron chi connectivity index (χ3n) is 1.41. The molecule has 0 amide bonds. The predicted molar refractivity (Wildman–Crippen MR) is 69.4 cm³/mol. The van der Waals surface area contributed by atoms with Crippen molar-refractivity contribution < 1.29 is 4.74 Å². The van der Waals surface area contributed by atoms with E-state index in [2.05, 4.69) is 0 Å². The van der Waals surface area contributed by atoms with Gasteiger partial charge < -0.3 is 10.5 Å². The van der Waals surface area contributed by atoms with Crippen LogP contribution in [0.15, 0.2) is 0 Å². The zero-order chi connectivity index (χ0) is 11.4. The van der Waals surface area contributed by atoms with Crippen LogP contribution in [0.3, 0.4) is 0 Å². The van der Waals surface area contributed by atoms with Crippen molar-refractivity contribution in [1.29, 1.82) is 0 Å². The van der Waals surface area contributed by atoms with E-state index < -0.39 is 9.71 Å². The Balaban J connectivity index is 4.40. The van der Waals surface area contributed by atoms with Crippen LogP contribution in [-0.4, -0.2) is 20.4 Å². The number of nitrogens with two attached hydrogens (primary N) is 1. The average molecular weight is 295 g/mol. The van der Waals surface area contributed by atoms with Gasteiger partial charge in [0.1, 0.15) is 0 Å². The Morgan fingerprint density at radius 1 is 1.43 bits per heavy atom. The Bertz CT molecular complexity index is 229. The number of hydrogen-bond acceptors (Lipinski definition) is 3. The molecule has 1 unspecified atom stereocenters. The van der Waals surface area contributed by atoms with Gasteiger partial charge in [0.2, 0.25) is 0 Å². The molecule has 0 aromatic rings. The smallest absolute Gasteiger partial charge is 0.200 e. The lowest BCUT2D eigenvalue weighted by atomic mass is 10.1. The third kappa shape index (κ3) is 5.51. The van der Waals surface area contributed by atoms with Gasteiger partial charge in [-0.1, -0.05) is 47.0 Å². The number of alkyl halides is 3. The lowest BCUT2D eigenvalue weighted by Crippen LogP contribution is -2.34. The molecule has 0 aromatic heterocycles. The van der Waals surface area contributed by atoms with Crippen LogP contribution in [0.25, 0.3) is 0 Å². The second-order valence-corrected chi connectivity index (χ2v) is 5.80. The van der Waals surface area contributed by atoms with E-state index in [-0.39, 0.29) is 11.4 Å². The van der Waals surface area contributed by atoms with Gasteiger partial charge in [0.05, 0.1) is 17.5 Å². The molecule has 2 nitrogen and oxygen atoms in total. The molecule has 0 bridgehead atoms. The van der Waals surface area contributed by atoms with Crippen molar-refractivity contribution in [3.8, 4) is 0 Å². The summed E-state index contributed by atoms with van der Waals surface area (Å²) in [6, 6.07) is 0. The number of ether oxygens (including phenoxy) is 1. The summed E-state index contributed by atoms with van der Waals surface area (Å²) in [4.78, 5) is 0.118. The van der Waals surface area contributed by atoms with Crippen LogP contribution in [0.5, 0.6) is 0 Å². The summed E-state index contributed by atoms with van der Waals surface area (Å²) in [5, 5.41) is 0.344. The van der Waals surface area contributed by atoms with Crippen molar-refractivity contribution in [2.45, 2.75) is 17.1 Å². The van der Waals surface area contributed by atoms with Crippen LogP contribution in [0.1, 0.15) is 13.3 Å². The van der Waals surface area contributed by atoms with E-state index in [9.17, 15) is 0 Å². The van der Waals surface area contributed by atoms with Crippen molar-refractivity contribution in [1.82, 2.24) is 0 Å². The van der Waals surface area contributed by atoms with Gasteiger partial charge in [-0.25, -0.2) is 0 Å². The van der Waals surface area contributed by atoms with Crippen molar-refractivity contribution in [2.24, 2.45) is 11.7 Å². The van der Waals surface area contributed by atoms with Gasteiger partial charge in [-0.15, -0.1) is 0 Å². The van der Waals surface area contributed by atoms with E-state index >= 15 is 0 Å². The molecule has 0 aromatic carbocycles. The van der Waals surface area contributed by atoms with Gasteiger partial charge >= 0.3 is 0 Å². The first-order chi connectivity index (χ1) is 6.29. The van der Waals surface area contributed by atoms with Crippen molar-refractivity contribution in [3.63, 3.8) is 0 Å². The van der Waals surface area contributed by atoms with Gasteiger partial charge in [0.15, 0.2) is 8.84 Å². The maximum absolute atomic E-state index is 5.69. The minimum Gasteiger partial charge on any atom is -0.487 e. The van der Waals surface area contributed by atoms with E-state index in [0.717, 1.165) is 0 Å². The highest BCUT2D eigenvalue weighted by Gasteiger charge is 2.35. The SMILES string of the molecule is CCOC(=S)CC(C(N)=S)C(Cl)(Cl)Cl. The molecule has 0 aliphatic heterocycles. The minimum absolute atomic E-state index is 0.118. The van der Waals surface area contributed by atoms with Crippen LogP contribution in [0.4, 0.5) is 0 Å². The third-order valence-corrected chi connectivity index (χ3v) is 2.77. The Hall–Kier alpha value is 0.650. The van der Waals surface area contributed by atoms with Crippen LogP contribution in [0.2, 0.25) is 0 Å². The van der Waals surface area contributed by atoms with Crippen LogP contribution in [-0.2, 0) is 4.74 Å². The second kappa shape index (κ2) is 6.28. The molecule has 0 fully saturated rings. The fraction of sp³-hybridized carbons (Fsp3) is 0.714. The summed E-state index contributed by atoms with van der Waals surface area (Å²) in [6.45, 7) is 2.29. The molecule has 0 spiro atoms. The van der Waals surface area contributed by atoms with Crippen molar-refractivity contribution in [3.05, 3.63) is 0 Å². The molecule has 82 valence electrons. The molecule has 0 rings (SSSR count). The number of halogens is 3. The van der Waals surface area contributed by atoms with Gasteiger partial charge in [-0.05, 0) is 19.1 Å². The quantitative estimate of drug-likeness (QED) is 0.638. The number of rotatable bonds is 4. The van der Waals surface area contributed by atoms with Crippen molar-refractivity contribution >= 4 is 69.3 Å². The highest BCUT2D eigenvalue weighted by atomic mass is 35.6. The molecule has 14 heavy (non-hydrogen) atoms. The van der Waals surface area contributed by atoms with Gasteiger partial charge in [0.25, 0.3) is 0 Å². The molecule has 0 heterocycles. The Kier molecular flexibility index (Phi) is 6.57. The second-order valence-electron chi connectivity index (χ2n) is 2.51. The molecular formula is C7H10Cl3NOS2. The highest BCUT2D eigenvalue weighted by molar-refractivity contribution is 7.80. The molecule has 0 aliphatic rings. The Morgan fingerprint density at radius 2 is 1.93 bits per heavy atom. The molecule has 0 saturated heterocycles. The van der Waals surface area contributed by atoms with Crippen LogP contribution < -0.4 is 5.73 Å². The Labute approximate surface area is 109 Å². The van der Waals surface area contributed by atoms with E-state index in [0.29, 0.717) is 11.7 Å². The summed E-state index contributed by atoms with van der Waals surface area (Å²) in [5.41, 5.74) is 5.43. The molecule has 0 radical (unpaired) electrons. The minimum atomic E-state index is -1.55. The monoisotopic (exact) mass is 293 g/mol. The van der Waals surface area contributed by atoms with Gasteiger partial charge in [-0.2, -0.15) is 0 Å². The number of thiocarbonyl (C=S) groups is 2. The molecule has 2 N–H and O–H groups in total. The maximum atomic E-state index is 5.69. The summed E-state index contributed by atoms with van der Waals surface area (Å²) in [5.74, 6) is -0.596. The molecule has 1 atom stereocenters. The van der Waals surface area contributed by atoms with Crippen LogP contribution >= 0.6 is 59.2 Å². The first kappa shape index (κ1) is 14.6. The zero-order valence-corrected chi connectivity index (χ0v) is 11.3. The van der Waals surface area contributed by atoms with E-state index in [1.54, 1.807) is 0 Å². The van der Waals surface area contributed by atoms with E-state index in [4.69, 9.17) is 69.7 Å². The van der Waals surface area contributed by atoms with E-state index in [1.807, 2.05) is 6.92 Å². The Morgan fingerprint density at radius 3 is 2.21 bits per heavy atom. The lowest BCUT2D eigenvalue weighted by molar-refractivity contribution is 0.323. The summed E-state index contributed by atoms with van der Waals surface area (Å²) in [7, 11) is 0. The maximum Gasteiger partial charge on any atom is 0.200 e. The summed E-state index contributed by atoms with van der Waals surface area (Å²) in [6.07, 6.45) is 0.245. The van der Waals surface area contributed by atoms with Crippen LogP contribution in [0, 0.1) is 5.92 Å². The largest absolute Gasteiger partial charge is 0.487 e. The topological polar surface area (TPSA) is 35.2 Å². The zero-order valence-electron chi connectivity index (χ0n) is 7.43. The van der Waals surface area contributed by atoms with Gasteiger partial charge in [0, 0.05) is 6.42 Å². The first-order valence-electron chi connectivity index (χ1n) is 3.80. The first-order valence-corrected chi connectivity index (χ1v) is 5.75. The summed E-state index contributed by atoms with van der Waals surface area (Å²) < 4.78 is 3.51. The average Bonchev–Trinajstić information content (AvgIpc) is 1.98. The van der Waals surface area contributed by atoms with Crippen molar-refractivity contribution in [2.75, 3.05) is 6.61 Å². The molecule has 0 aliphatic carbocycles.